The highest BCUT2D eigenvalue weighted by atomic mass is 32.2. The Kier molecular flexibility index (Phi) is 6.56. The van der Waals surface area contributed by atoms with Gasteiger partial charge in [0.05, 0.1) is 24.3 Å². The van der Waals surface area contributed by atoms with Gasteiger partial charge in [-0.2, -0.15) is 0 Å². The molecule has 6 nitrogen and oxygen atoms in total. The number of amides is 1. The maximum Gasteiger partial charge on any atom is 0.308 e. The minimum Gasteiger partial charge on any atom is -0.495 e. The monoisotopic (exact) mass is 429 g/mol. The van der Waals surface area contributed by atoms with E-state index in [2.05, 4.69) is 0 Å². The number of esters is 1. The second-order valence-electron chi connectivity index (χ2n) is 5.92. The molecule has 1 heterocycles. The van der Waals surface area contributed by atoms with Crippen molar-refractivity contribution in [2.75, 3.05) is 18.6 Å². The Morgan fingerprint density at radius 2 is 1.93 bits per heavy atom. The van der Waals surface area contributed by atoms with Gasteiger partial charge in [0, 0.05) is 6.92 Å². The van der Waals surface area contributed by atoms with Crippen LogP contribution in [-0.2, 0) is 9.59 Å². The molecule has 0 aromatic heterocycles. The summed E-state index contributed by atoms with van der Waals surface area (Å²) in [4.78, 5) is 26.2. The molecule has 0 aliphatic carbocycles. The molecule has 0 radical (unpaired) electrons. The van der Waals surface area contributed by atoms with Gasteiger partial charge >= 0.3 is 5.97 Å². The first-order valence-electron chi connectivity index (χ1n) is 8.80. The third kappa shape index (κ3) is 4.60. The molecule has 8 heteroatoms. The normalized spacial score (nSPS) is 15.0. The maximum absolute atomic E-state index is 13.0. The molecule has 0 atom stereocenters. The lowest BCUT2D eigenvalue weighted by Gasteiger charge is -2.17. The van der Waals surface area contributed by atoms with E-state index >= 15 is 0 Å². The van der Waals surface area contributed by atoms with Crippen LogP contribution < -0.4 is 19.1 Å². The molecule has 3 rings (SSSR count). The van der Waals surface area contributed by atoms with Gasteiger partial charge in [0.25, 0.3) is 5.91 Å². The molecule has 2 aromatic carbocycles. The number of thioether (sulfide) groups is 1. The van der Waals surface area contributed by atoms with E-state index in [1.807, 2.05) is 19.1 Å². The minimum absolute atomic E-state index is 0.230. The van der Waals surface area contributed by atoms with E-state index in [1.54, 1.807) is 43.5 Å². The summed E-state index contributed by atoms with van der Waals surface area (Å²) in [5, 5.41) is 0. The predicted molar refractivity (Wildman–Crippen MR) is 118 cm³/mol. The highest BCUT2D eigenvalue weighted by molar-refractivity contribution is 8.27. The molecule has 0 saturated carbocycles. The van der Waals surface area contributed by atoms with Gasteiger partial charge in [-0.1, -0.05) is 42.2 Å². The van der Waals surface area contributed by atoms with Crippen LogP contribution in [0.25, 0.3) is 6.08 Å². The largest absolute Gasteiger partial charge is 0.495 e. The van der Waals surface area contributed by atoms with E-state index in [0.29, 0.717) is 38.8 Å². The van der Waals surface area contributed by atoms with Gasteiger partial charge in [-0.15, -0.1) is 0 Å². The summed E-state index contributed by atoms with van der Waals surface area (Å²) in [6.45, 7) is 3.57. The molecule has 150 valence electrons. The van der Waals surface area contributed by atoms with Gasteiger partial charge in [-0.3, -0.25) is 14.5 Å². The first-order chi connectivity index (χ1) is 13.9. The number of thiocarbonyl (C=S) groups is 1. The van der Waals surface area contributed by atoms with Crippen molar-refractivity contribution in [3.8, 4) is 17.2 Å². The zero-order valence-corrected chi connectivity index (χ0v) is 17.8. The number of para-hydroxylation sites is 2. The molecule has 0 spiro atoms. The molecule has 0 unspecified atom stereocenters. The van der Waals surface area contributed by atoms with Crippen LogP contribution in [0, 0.1) is 0 Å². The zero-order valence-electron chi connectivity index (χ0n) is 16.1. The van der Waals surface area contributed by atoms with Gasteiger partial charge in [0.15, 0.2) is 15.8 Å². The van der Waals surface area contributed by atoms with Crippen LogP contribution in [0.15, 0.2) is 47.4 Å². The standard InChI is InChI=1S/C21H19NO5S2/c1-4-26-18-11-14(9-10-17(18)27-13(2)23)12-19-20(24)22(21(28)29-19)15-7-5-6-8-16(15)25-3/h5-12H,4H2,1-3H3/b19-12+. The Bertz CT molecular complexity index is 1000. The van der Waals surface area contributed by atoms with Crippen LogP contribution in [0.5, 0.6) is 17.2 Å². The quantitative estimate of drug-likeness (QED) is 0.291. The lowest BCUT2D eigenvalue weighted by molar-refractivity contribution is -0.132. The first-order valence-corrected chi connectivity index (χ1v) is 10.0. The number of hydrogen-bond donors (Lipinski definition) is 0. The number of carbonyl (C=O) groups excluding carboxylic acids is 2. The third-order valence-electron chi connectivity index (χ3n) is 3.94. The molecule has 2 aromatic rings. The van der Waals surface area contributed by atoms with Gasteiger partial charge in [0.2, 0.25) is 0 Å². The van der Waals surface area contributed by atoms with Crippen LogP contribution in [0.4, 0.5) is 5.69 Å². The molecule has 1 fully saturated rings. The van der Waals surface area contributed by atoms with Gasteiger partial charge < -0.3 is 14.2 Å². The number of rotatable bonds is 6. The molecule has 1 saturated heterocycles. The van der Waals surface area contributed by atoms with E-state index in [0.717, 1.165) is 5.56 Å². The van der Waals surface area contributed by atoms with Gasteiger partial charge in [-0.25, -0.2) is 0 Å². The smallest absolute Gasteiger partial charge is 0.308 e. The van der Waals surface area contributed by atoms with Gasteiger partial charge in [-0.05, 0) is 42.8 Å². The Labute approximate surface area is 178 Å². The maximum atomic E-state index is 13.0. The van der Waals surface area contributed by atoms with Crippen molar-refractivity contribution in [1.82, 2.24) is 0 Å². The van der Waals surface area contributed by atoms with Crippen molar-refractivity contribution in [3.05, 3.63) is 52.9 Å². The van der Waals surface area contributed by atoms with Crippen LogP contribution in [0.3, 0.4) is 0 Å². The van der Waals surface area contributed by atoms with Crippen LogP contribution in [-0.4, -0.2) is 29.9 Å². The van der Waals surface area contributed by atoms with E-state index in [4.69, 9.17) is 26.4 Å². The van der Waals surface area contributed by atoms with Crippen LogP contribution in [0.2, 0.25) is 0 Å². The molecule has 29 heavy (non-hydrogen) atoms. The number of methoxy groups -OCH3 is 1. The topological polar surface area (TPSA) is 65.1 Å². The molecule has 0 N–H and O–H groups in total. The summed E-state index contributed by atoms with van der Waals surface area (Å²) in [6.07, 6.45) is 1.73. The summed E-state index contributed by atoms with van der Waals surface area (Å²) < 4.78 is 16.5. The summed E-state index contributed by atoms with van der Waals surface area (Å²) in [5.41, 5.74) is 1.32. The fourth-order valence-electron chi connectivity index (χ4n) is 2.76. The second kappa shape index (κ2) is 9.11. The number of hydrogen-bond acceptors (Lipinski definition) is 7. The fourth-order valence-corrected chi connectivity index (χ4v) is 4.05. The van der Waals surface area contributed by atoms with Crippen molar-refractivity contribution in [2.24, 2.45) is 0 Å². The molecular weight excluding hydrogens is 410 g/mol. The molecule has 0 bridgehead atoms. The van der Waals surface area contributed by atoms with E-state index in [1.165, 1.54) is 23.6 Å². The summed E-state index contributed by atoms with van der Waals surface area (Å²) in [6, 6.07) is 12.3. The lowest BCUT2D eigenvalue weighted by atomic mass is 10.1. The highest BCUT2D eigenvalue weighted by Crippen LogP contribution is 2.40. The average Bonchev–Trinajstić information content (AvgIpc) is 2.96. The Morgan fingerprint density at radius 3 is 2.62 bits per heavy atom. The Hall–Kier alpha value is -2.84. The molecule has 1 amide bonds. The fraction of sp³-hybridized carbons (Fsp3) is 0.190. The number of benzene rings is 2. The van der Waals surface area contributed by atoms with Crippen molar-refractivity contribution in [2.45, 2.75) is 13.8 Å². The zero-order chi connectivity index (χ0) is 21.0. The van der Waals surface area contributed by atoms with Crippen molar-refractivity contribution >= 4 is 51.9 Å². The van der Waals surface area contributed by atoms with Crippen LogP contribution in [0.1, 0.15) is 19.4 Å². The van der Waals surface area contributed by atoms with Gasteiger partial charge in [0.1, 0.15) is 5.75 Å². The molecular formula is C21H19NO5S2. The number of ether oxygens (including phenoxy) is 3. The second-order valence-corrected chi connectivity index (χ2v) is 7.60. The molecule has 1 aliphatic rings. The number of anilines is 1. The van der Waals surface area contributed by atoms with E-state index in [-0.39, 0.29) is 5.91 Å². The SMILES string of the molecule is CCOc1cc(/C=C2/SC(=S)N(c3ccccc3OC)C2=O)ccc1OC(C)=O. The predicted octanol–water partition coefficient (Wildman–Crippen LogP) is 4.43. The summed E-state index contributed by atoms with van der Waals surface area (Å²) >= 11 is 6.64. The van der Waals surface area contributed by atoms with Crippen molar-refractivity contribution in [1.29, 1.82) is 0 Å². The van der Waals surface area contributed by atoms with Crippen molar-refractivity contribution in [3.63, 3.8) is 0 Å². The third-order valence-corrected chi connectivity index (χ3v) is 5.24. The van der Waals surface area contributed by atoms with E-state index < -0.39 is 5.97 Å². The lowest BCUT2D eigenvalue weighted by Crippen LogP contribution is -2.27. The Morgan fingerprint density at radius 1 is 1.17 bits per heavy atom. The minimum atomic E-state index is -0.434. The Balaban J connectivity index is 1.93. The average molecular weight is 430 g/mol. The van der Waals surface area contributed by atoms with E-state index in [9.17, 15) is 9.59 Å². The number of carbonyl (C=O) groups is 2. The summed E-state index contributed by atoms with van der Waals surface area (Å²) in [7, 11) is 1.55. The number of nitrogens with zero attached hydrogens (tertiary/aromatic N) is 1. The molecule has 1 aliphatic heterocycles. The highest BCUT2D eigenvalue weighted by Gasteiger charge is 2.34. The van der Waals surface area contributed by atoms with Crippen LogP contribution >= 0.6 is 24.0 Å². The summed E-state index contributed by atoms with van der Waals surface area (Å²) in [5.74, 6) is 0.659. The first kappa shape index (κ1) is 20.9. The van der Waals surface area contributed by atoms with Crippen molar-refractivity contribution < 1.29 is 23.8 Å².